The molecule has 1 N–H and O–H groups in total. The molecule has 0 spiro atoms. The number of hydrogen-bond donors (Lipinski definition) is 1. The van der Waals surface area contributed by atoms with Crippen LogP contribution in [0.15, 0.2) is 12.2 Å². The fraction of sp³-hybridized carbons (Fsp3) is 0.727. The van der Waals surface area contributed by atoms with Gasteiger partial charge in [0.05, 0.1) is 5.92 Å². The van der Waals surface area contributed by atoms with Crippen LogP contribution in [0.4, 0.5) is 0 Å². The van der Waals surface area contributed by atoms with Crippen molar-refractivity contribution in [2.45, 2.75) is 47.0 Å². The summed E-state index contributed by atoms with van der Waals surface area (Å²) in [4.78, 5) is 10.3. The Morgan fingerprint density at radius 1 is 1.23 bits per heavy atom. The fourth-order valence-electron chi connectivity index (χ4n) is 1.02. The molecule has 1 rings (SSSR count). The molecule has 0 amide bonds. The molecule has 0 saturated heterocycles. The maximum absolute atomic E-state index is 10.3. The zero-order valence-corrected chi connectivity index (χ0v) is 9.21. The fourth-order valence-corrected chi connectivity index (χ4v) is 1.02. The van der Waals surface area contributed by atoms with E-state index < -0.39 is 5.97 Å². The lowest BCUT2D eigenvalue weighted by Gasteiger charge is -2.11. The molecular weight excluding hydrogens is 164 g/mol. The second kappa shape index (κ2) is 11.2. The molecule has 0 fully saturated rings. The third-order valence-electron chi connectivity index (χ3n) is 1.62. The highest BCUT2D eigenvalue weighted by molar-refractivity contribution is 5.70. The van der Waals surface area contributed by atoms with Crippen LogP contribution in [-0.4, -0.2) is 11.1 Å². The highest BCUT2D eigenvalue weighted by Crippen LogP contribution is 2.17. The second-order valence-corrected chi connectivity index (χ2v) is 2.32. The molecule has 0 aromatic heterocycles. The van der Waals surface area contributed by atoms with E-state index in [0.29, 0.717) is 0 Å². The van der Waals surface area contributed by atoms with E-state index >= 15 is 0 Å². The van der Waals surface area contributed by atoms with Crippen LogP contribution in [0.2, 0.25) is 0 Å². The van der Waals surface area contributed by atoms with E-state index in [1.54, 1.807) is 0 Å². The summed E-state index contributed by atoms with van der Waals surface area (Å²) in [6.45, 7) is 8.00. The molecule has 1 atom stereocenters. The summed E-state index contributed by atoms with van der Waals surface area (Å²) < 4.78 is 0. The molecule has 0 heterocycles. The minimum Gasteiger partial charge on any atom is -0.481 e. The Morgan fingerprint density at radius 3 is 2.00 bits per heavy atom. The SMILES string of the molecule is CC.CC.O=C(O)C1CC=CCC1. The Hall–Kier alpha value is -0.790. The largest absolute Gasteiger partial charge is 0.481 e. The van der Waals surface area contributed by atoms with E-state index in [4.69, 9.17) is 5.11 Å². The van der Waals surface area contributed by atoms with E-state index in [9.17, 15) is 4.79 Å². The molecule has 2 heteroatoms. The Kier molecular flexibility index (Phi) is 12.7. The highest BCUT2D eigenvalue weighted by Gasteiger charge is 2.16. The summed E-state index contributed by atoms with van der Waals surface area (Å²) >= 11 is 0. The van der Waals surface area contributed by atoms with Gasteiger partial charge in [-0.25, -0.2) is 0 Å². The van der Waals surface area contributed by atoms with Crippen molar-refractivity contribution in [2.75, 3.05) is 0 Å². The van der Waals surface area contributed by atoms with Crippen LogP contribution in [0, 0.1) is 5.92 Å². The molecule has 1 aliphatic rings. The van der Waals surface area contributed by atoms with Gasteiger partial charge in [0.2, 0.25) is 0 Å². The standard InChI is InChI=1S/C7H10O2.2C2H6/c8-7(9)6-4-2-1-3-5-6;2*1-2/h1-2,6H,3-5H2,(H,8,9);2*1-2H3. The minimum atomic E-state index is -0.653. The van der Waals surface area contributed by atoms with Crippen molar-refractivity contribution in [3.05, 3.63) is 12.2 Å². The number of aliphatic carboxylic acids is 1. The van der Waals surface area contributed by atoms with E-state index in [-0.39, 0.29) is 5.92 Å². The first-order valence-electron chi connectivity index (χ1n) is 5.18. The molecule has 1 unspecified atom stereocenters. The first kappa shape index (κ1) is 14.7. The van der Waals surface area contributed by atoms with Crippen LogP contribution in [-0.2, 0) is 4.79 Å². The zero-order chi connectivity index (χ0) is 10.7. The van der Waals surface area contributed by atoms with E-state index in [1.807, 2.05) is 39.8 Å². The lowest BCUT2D eigenvalue weighted by atomic mass is 9.95. The normalized spacial score (nSPS) is 18.9. The molecule has 0 aromatic carbocycles. The Bertz CT molecular complexity index is 139. The van der Waals surface area contributed by atoms with E-state index in [2.05, 4.69) is 0 Å². The first-order valence-corrected chi connectivity index (χ1v) is 5.18. The number of rotatable bonds is 1. The van der Waals surface area contributed by atoms with Gasteiger partial charge in [0.25, 0.3) is 0 Å². The summed E-state index contributed by atoms with van der Waals surface area (Å²) in [7, 11) is 0. The second-order valence-electron chi connectivity index (χ2n) is 2.32. The molecule has 0 aliphatic heterocycles. The quantitative estimate of drug-likeness (QED) is 0.636. The Labute approximate surface area is 81.7 Å². The number of carbonyl (C=O) groups is 1. The average Bonchev–Trinajstić information content (AvgIpc) is 2.25. The maximum atomic E-state index is 10.3. The van der Waals surface area contributed by atoms with Crippen LogP contribution >= 0.6 is 0 Å². The van der Waals surface area contributed by atoms with Gasteiger partial charge in [0, 0.05) is 0 Å². The third kappa shape index (κ3) is 7.57. The van der Waals surface area contributed by atoms with Gasteiger partial charge in [0.1, 0.15) is 0 Å². The van der Waals surface area contributed by atoms with Gasteiger partial charge in [0.15, 0.2) is 0 Å². The summed E-state index contributed by atoms with van der Waals surface area (Å²) in [5.74, 6) is -0.769. The number of carboxylic acids is 1. The van der Waals surface area contributed by atoms with Gasteiger partial charge in [-0.05, 0) is 19.3 Å². The molecule has 78 valence electrons. The average molecular weight is 186 g/mol. The number of allylic oxidation sites excluding steroid dienone is 2. The summed E-state index contributed by atoms with van der Waals surface area (Å²) in [6.07, 6.45) is 6.44. The van der Waals surface area contributed by atoms with Crippen molar-refractivity contribution in [3.63, 3.8) is 0 Å². The van der Waals surface area contributed by atoms with Crippen LogP contribution < -0.4 is 0 Å². The van der Waals surface area contributed by atoms with Crippen LogP contribution in [0.1, 0.15) is 47.0 Å². The maximum Gasteiger partial charge on any atom is 0.306 e. The van der Waals surface area contributed by atoms with Gasteiger partial charge in [-0.15, -0.1) is 0 Å². The third-order valence-corrected chi connectivity index (χ3v) is 1.62. The van der Waals surface area contributed by atoms with Gasteiger partial charge in [-0.2, -0.15) is 0 Å². The van der Waals surface area contributed by atoms with Crippen molar-refractivity contribution in [3.8, 4) is 0 Å². The molecule has 0 bridgehead atoms. The predicted octanol–water partition coefficient (Wildman–Crippen LogP) is 3.48. The van der Waals surface area contributed by atoms with Gasteiger partial charge in [-0.3, -0.25) is 4.79 Å². The smallest absolute Gasteiger partial charge is 0.306 e. The molecule has 13 heavy (non-hydrogen) atoms. The lowest BCUT2D eigenvalue weighted by molar-refractivity contribution is -0.141. The highest BCUT2D eigenvalue weighted by atomic mass is 16.4. The van der Waals surface area contributed by atoms with E-state index in [1.165, 1.54) is 0 Å². The van der Waals surface area contributed by atoms with Crippen LogP contribution in [0.5, 0.6) is 0 Å². The van der Waals surface area contributed by atoms with Crippen molar-refractivity contribution < 1.29 is 9.90 Å². The number of carboxylic acid groups (broad SMARTS) is 1. The lowest BCUT2D eigenvalue weighted by Crippen LogP contribution is -2.13. The van der Waals surface area contributed by atoms with Gasteiger partial charge >= 0.3 is 5.97 Å². The molecule has 0 aromatic rings. The van der Waals surface area contributed by atoms with E-state index in [0.717, 1.165) is 19.3 Å². The Morgan fingerprint density at radius 2 is 1.77 bits per heavy atom. The summed E-state index contributed by atoms with van der Waals surface area (Å²) in [5.41, 5.74) is 0. The van der Waals surface area contributed by atoms with Crippen LogP contribution in [0.3, 0.4) is 0 Å². The summed E-state index contributed by atoms with van der Waals surface area (Å²) in [6, 6.07) is 0. The predicted molar refractivity (Wildman–Crippen MR) is 56.8 cm³/mol. The van der Waals surface area contributed by atoms with Crippen molar-refractivity contribution in [1.29, 1.82) is 0 Å². The summed E-state index contributed by atoms with van der Waals surface area (Å²) in [5, 5.41) is 8.50. The number of hydrogen-bond acceptors (Lipinski definition) is 1. The zero-order valence-electron chi connectivity index (χ0n) is 9.21. The molecule has 0 radical (unpaired) electrons. The van der Waals surface area contributed by atoms with Crippen molar-refractivity contribution in [2.24, 2.45) is 5.92 Å². The molecule has 1 aliphatic carbocycles. The van der Waals surface area contributed by atoms with Crippen LogP contribution in [0.25, 0.3) is 0 Å². The first-order chi connectivity index (χ1) is 6.30. The topological polar surface area (TPSA) is 37.3 Å². The monoisotopic (exact) mass is 186 g/mol. The van der Waals surface area contributed by atoms with Gasteiger partial charge < -0.3 is 5.11 Å². The molecule has 2 nitrogen and oxygen atoms in total. The molecule has 0 saturated carbocycles. The van der Waals surface area contributed by atoms with Gasteiger partial charge in [-0.1, -0.05) is 39.8 Å². The van der Waals surface area contributed by atoms with Crippen molar-refractivity contribution >= 4 is 5.97 Å². The minimum absolute atomic E-state index is 0.116. The Balaban J connectivity index is 0. The van der Waals surface area contributed by atoms with Crippen molar-refractivity contribution in [1.82, 2.24) is 0 Å². The molecular formula is C11H22O2.